The van der Waals surface area contributed by atoms with Crippen molar-refractivity contribution in [1.29, 1.82) is 0 Å². The van der Waals surface area contributed by atoms with Gasteiger partial charge in [0.05, 0.1) is 23.6 Å². The topological polar surface area (TPSA) is 46.5 Å². The van der Waals surface area contributed by atoms with Gasteiger partial charge in [0, 0.05) is 16.3 Å². The Bertz CT molecular complexity index is 827. The van der Waals surface area contributed by atoms with Crippen molar-refractivity contribution in [2.75, 3.05) is 0 Å². The van der Waals surface area contributed by atoms with Gasteiger partial charge in [-0.15, -0.1) is 5.10 Å². The third kappa shape index (κ3) is 1.20. The van der Waals surface area contributed by atoms with E-state index in [2.05, 4.69) is 39.6 Å². The normalized spacial score (nSPS) is 11.3. The molecule has 4 heteroatoms. The van der Waals surface area contributed by atoms with Gasteiger partial charge < -0.3 is 4.98 Å². The molecule has 0 fully saturated rings. The summed E-state index contributed by atoms with van der Waals surface area (Å²) in [4.78, 5) is 3.45. The molecule has 0 unspecified atom stereocenters. The number of rotatable bonds is 1. The lowest BCUT2D eigenvalue weighted by Gasteiger charge is -2.01. The highest BCUT2D eigenvalue weighted by atomic mass is 15.4. The molecule has 0 saturated carbocycles. The van der Waals surface area contributed by atoms with E-state index in [1.807, 2.05) is 24.4 Å². The molecule has 0 radical (unpaired) electrons. The lowest BCUT2D eigenvalue weighted by atomic mass is 10.1. The molecule has 2 heterocycles. The molecule has 0 aliphatic rings. The van der Waals surface area contributed by atoms with E-state index < -0.39 is 0 Å². The molecule has 4 aromatic rings. The van der Waals surface area contributed by atoms with Gasteiger partial charge >= 0.3 is 0 Å². The van der Waals surface area contributed by atoms with Crippen LogP contribution in [0, 0.1) is 0 Å². The Kier molecular flexibility index (Phi) is 1.80. The van der Waals surface area contributed by atoms with E-state index in [0.717, 1.165) is 16.7 Å². The average molecular weight is 234 g/mol. The van der Waals surface area contributed by atoms with E-state index >= 15 is 0 Å². The number of aromatic amines is 1. The van der Waals surface area contributed by atoms with Crippen LogP contribution in [0.4, 0.5) is 0 Å². The minimum absolute atomic E-state index is 1.02. The Morgan fingerprint density at radius 2 is 1.83 bits per heavy atom. The van der Waals surface area contributed by atoms with E-state index in [-0.39, 0.29) is 0 Å². The SMILES string of the molecule is c1ccc2c(c1)[nH]c1c(-n3ccnn3)cccc12. The zero-order valence-electron chi connectivity index (χ0n) is 9.54. The van der Waals surface area contributed by atoms with Crippen molar-refractivity contribution in [2.45, 2.75) is 0 Å². The fourth-order valence-corrected chi connectivity index (χ4v) is 2.39. The number of fused-ring (bicyclic) bond motifs is 3. The third-order valence-electron chi connectivity index (χ3n) is 3.19. The molecule has 86 valence electrons. The Hall–Kier alpha value is -2.62. The Morgan fingerprint density at radius 3 is 2.72 bits per heavy atom. The second-order valence-corrected chi connectivity index (χ2v) is 4.22. The van der Waals surface area contributed by atoms with E-state index in [9.17, 15) is 0 Å². The number of benzene rings is 2. The van der Waals surface area contributed by atoms with Gasteiger partial charge in [0.15, 0.2) is 0 Å². The Morgan fingerprint density at radius 1 is 0.944 bits per heavy atom. The van der Waals surface area contributed by atoms with E-state index in [1.54, 1.807) is 10.9 Å². The number of para-hydroxylation sites is 2. The molecule has 2 aromatic heterocycles. The maximum absolute atomic E-state index is 4.05. The van der Waals surface area contributed by atoms with Crippen molar-refractivity contribution in [2.24, 2.45) is 0 Å². The Balaban J connectivity index is 2.17. The number of nitrogens with zero attached hydrogens (tertiary/aromatic N) is 3. The predicted molar refractivity (Wildman–Crippen MR) is 70.7 cm³/mol. The summed E-state index contributed by atoms with van der Waals surface area (Å²) < 4.78 is 1.78. The second-order valence-electron chi connectivity index (χ2n) is 4.22. The maximum atomic E-state index is 4.05. The molecule has 0 aliphatic heterocycles. The number of H-pyrrole nitrogens is 1. The summed E-state index contributed by atoms with van der Waals surface area (Å²) in [5, 5.41) is 10.3. The van der Waals surface area contributed by atoms with Gasteiger partial charge in [-0.3, -0.25) is 0 Å². The van der Waals surface area contributed by atoms with Crippen molar-refractivity contribution in [3.63, 3.8) is 0 Å². The minimum Gasteiger partial charge on any atom is -0.353 e. The van der Waals surface area contributed by atoms with Crippen LogP contribution in [0.25, 0.3) is 27.5 Å². The summed E-state index contributed by atoms with van der Waals surface area (Å²) >= 11 is 0. The quantitative estimate of drug-likeness (QED) is 0.550. The first kappa shape index (κ1) is 9.41. The molecule has 0 spiro atoms. The van der Waals surface area contributed by atoms with Gasteiger partial charge in [-0.1, -0.05) is 35.5 Å². The van der Waals surface area contributed by atoms with Gasteiger partial charge in [-0.25, -0.2) is 4.68 Å². The fraction of sp³-hybridized carbons (Fsp3) is 0. The van der Waals surface area contributed by atoms with Gasteiger partial charge in [0.25, 0.3) is 0 Å². The highest BCUT2D eigenvalue weighted by Crippen LogP contribution is 2.28. The van der Waals surface area contributed by atoms with Crippen LogP contribution in [0.1, 0.15) is 0 Å². The van der Waals surface area contributed by atoms with Crippen LogP contribution < -0.4 is 0 Å². The molecular formula is C14H10N4. The molecule has 18 heavy (non-hydrogen) atoms. The maximum Gasteiger partial charge on any atom is 0.0904 e. The van der Waals surface area contributed by atoms with Crippen LogP contribution in [-0.2, 0) is 0 Å². The van der Waals surface area contributed by atoms with E-state index in [0.29, 0.717) is 0 Å². The summed E-state index contributed by atoms with van der Waals surface area (Å²) in [5.41, 5.74) is 3.24. The molecule has 4 nitrogen and oxygen atoms in total. The molecule has 0 amide bonds. The Labute approximate surface area is 103 Å². The van der Waals surface area contributed by atoms with Crippen molar-refractivity contribution in [3.8, 4) is 5.69 Å². The van der Waals surface area contributed by atoms with Crippen molar-refractivity contribution in [1.82, 2.24) is 20.0 Å². The standard InChI is InChI=1S/C14H10N4/c1-2-6-12-10(4-1)11-5-3-7-13(14(11)16-12)18-9-8-15-17-18/h1-9,16H. The summed E-state index contributed by atoms with van der Waals surface area (Å²) in [7, 11) is 0. The van der Waals surface area contributed by atoms with Crippen LogP contribution in [0.2, 0.25) is 0 Å². The molecule has 0 aliphatic carbocycles. The molecule has 0 bridgehead atoms. The first-order chi connectivity index (χ1) is 8.93. The number of nitrogens with one attached hydrogen (secondary N) is 1. The highest BCUT2D eigenvalue weighted by Gasteiger charge is 2.08. The van der Waals surface area contributed by atoms with Crippen LogP contribution in [0.15, 0.2) is 54.9 Å². The predicted octanol–water partition coefficient (Wildman–Crippen LogP) is 2.90. The second kappa shape index (κ2) is 3.43. The van der Waals surface area contributed by atoms with E-state index in [1.165, 1.54) is 10.8 Å². The lowest BCUT2D eigenvalue weighted by molar-refractivity contribution is 0.807. The monoisotopic (exact) mass is 234 g/mol. The summed E-state index contributed by atoms with van der Waals surface area (Å²) in [5.74, 6) is 0. The van der Waals surface area contributed by atoms with Crippen LogP contribution in [0.3, 0.4) is 0 Å². The number of hydrogen-bond donors (Lipinski definition) is 1. The molecule has 1 N–H and O–H groups in total. The first-order valence-corrected chi connectivity index (χ1v) is 5.79. The van der Waals surface area contributed by atoms with Crippen molar-refractivity contribution in [3.05, 3.63) is 54.9 Å². The number of hydrogen-bond acceptors (Lipinski definition) is 2. The van der Waals surface area contributed by atoms with Gasteiger partial charge in [-0.2, -0.15) is 0 Å². The summed E-state index contributed by atoms with van der Waals surface area (Å²) in [6.45, 7) is 0. The molecular weight excluding hydrogens is 224 g/mol. The van der Waals surface area contributed by atoms with E-state index in [4.69, 9.17) is 0 Å². The summed E-state index contributed by atoms with van der Waals surface area (Å²) in [6.07, 6.45) is 3.53. The smallest absolute Gasteiger partial charge is 0.0904 e. The van der Waals surface area contributed by atoms with Crippen molar-refractivity contribution >= 4 is 21.8 Å². The largest absolute Gasteiger partial charge is 0.353 e. The van der Waals surface area contributed by atoms with Crippen molar-refractivity contribution < 1.29 is 0 Å². The van der Waals surface area contributed by atoms with Crippen LogP contribution in [0.5, 0.6) is 0 Å². The van der Waals surface area contributed by atoms with Gasteiger partial charge in [0.1, 0.15) is 0 Å². The molecule has 2 aromatic carbocycles. The average Bonchev–Trinajstić information content (AvgIpc) is 3.05. The van der Waals surface area contributed by atoms with Crippen LogP contribution in [-0.4, -0.2) is 20.0 Å². The van der Waals surface area contributed by atoms with Crippen LogP contribution >= 0.6 is 0 Å². The number of aromatic nitrogens is 4. The first-order valence-electron chi connectivity index (χ1n) is 5.79. The highest BCUT2D eigenvalue weighted by molar-refractivity contribution is 6.09. The minimum atomic E-state index is 1.02. The van der Waals surface area contributed by atoms with Gasteiger partial charge in [0.2, 0.25) is 0 Å². The lowest BCUT2D eigenvalue weighted by Crippen LogP contribution is -1.95. The fourth-order valence-electron chi connectivity index (χ4n) is 2.39. The third-order valence-corrected chi connectivity index (χ3v) is 3.19. The molecule has 0 atom stereocenters. The van der Waals surface area contributed by atoms with Gasteiger partial charge in [-0.05, 0) is 12.1 Å². The molecule has 0 saturated heterocycles. The zero-order chi connectivity index (χ0) is 11.9. The zero-order valence-corrected chi connectivity index (χ0v) is 9.54. The molecule has 4 rings (SSSR count). The summed E-state index contributed by atoms with van der Waals surface area (Å²) in [6, 6.07) is 14.5.